The molecule has 2 N–H and O–H groups in total. The first kappa shape index (κ1) is 19.0. The van der Waals surface area contributed by atoms with Crippen LogP contribution in [0.2, 0.25) is 0 Å². The smallest absolute Gasteiger partial charge is 0.174 e. The van der Waals surface area contributed by atoms with Crippen molar-refractivity contribution >= 4 is 16.8 Å². The SMILES string of the molecule is CCCCCCc1cc(C(=O)Cc2nc3ccccc3n2C)c(O)cc1O. The second-order valence-electron chi connectivity index (χ2n) is 6.98. The van der Waals surface area contributed by atoms with Crippen molar-refractivity contribution in [2.75, 3.05) is 0 Å². The van der Waals surface area contributed by atoms with Crippen molar-refractivity contribution in [3.63, 3.8) is 0 Å². The van der Waals surface area contributed by atoms with Gasteiger partial charge in [-0.1, -0.05) is 38.3 Å². The van der Waals surface area contributed by atoms with E-state index in [4.69, 9.17) is 0 Å². The number of para-hydroxylation sites is 2. The molecule has 2 aromatic carbocycles. The lowest BCUT2D eigenvalue weighted by molar-refractivity contribution is 0.0987. The maximum atomic E-state index is 12.8. The largest absolute Gasteiger partial charge is 0.508 e. The van der Waals surface area contributed by atoms with Crippen molar-refractivity contribution in [1.82, 2.24) is 9.55 Å². The number of Topliss-reactive ketones (excluding diaryl/α,β-unsaturated/α-hetero) is 1. The molecular formula is C22H26N2O3. The van der Waals surface area contributed by atoms with Gasteiger partial charge in [-0.2, -0.15) is 0 Å². The quantitative estimate of drug-likeness (QED) is 0.453. The summed E-state index contributed by atoms with van der Waals surface area (Å²) < 4.78 is 1.90. The predicted octanol–water partition coefficient (Wildman–Crippen LogP) is 4.53. The van der Waals surface area contributed by atoms with Crippen LogP contribution in [0.5, 0.6) is 11.5 Å². The predicted molar refractivity (Wildman–Crippen MR) is 106 cm³/mol. The van der Waals surface area contributed by atoms with E-state index in [0.717, 1.165) is 36.7 Å². The Morgan fingerprint density at radius 3 is 2.59 bits per heavy atom. The summed E-state index contributed by atoms with van der Waals surface area (Å²) in [6.07, 6.45) is 5.11. The molecule has 0 saturated heterocycles. The molecule has 1 aromatic heterocycles. The van der Waals surface area contributed by atoms with Crippen LogP contribution in [-0.4, -0.2) is 25.5 Å². The van der Waals surface area contributed by atoms with E-state index in [2.05, 4.69) is 11.9 Å². The molecule has 0 amide bonds. The van der Waals surface area contributed by atoms with Crippen molar-refractivity contribution in [2.24, 2.45) is 7.05 Å². The van der Waals surface area contributed by atoms with Crippen LogP contribution in [0.25, 0.3) is 11.0 Å². The molecule has 0 aliphatic rings. The van der Waals surface area contributed by atoms with E-state index in [-0.39, 0.29) is 29.3 Å². The minimum atomic E-state index is -0.208. The van der Waals surface area contributed by atoms with Crippen LogP contribution in [0.15, 0.2) is 36.4 Å². The Morgan fingerprint density at radius 2 is 1.85 bits per heavy atom. The number of aromatic hydroxyl groups is 2. The average molecular weight is 366 g/mol. The van der Waals surface area contributed by atoms with E-state index >= 15 is 0 Å². The van der Waals surface area contributed by atoms with Gasteiger partial charge in [0.05, 0.1) is 23.0 Å². The van der Waals surface area contributed by atoms with Crippen LogP contribution in [0.4, 0.5) is 0 Å². The summed E-state index contributed by atoms with van der Waals surface area (Å²) in [4.78, 5) is 17.3. The van der Waals surface area contributed by atoms with E-state index in [9.17, 15) is 15.0 Å². The fourth-order valence-corrected chi connectivity index (χ4v) is 3.38. The molecule has 5 heteroatoms. The van der Waals surface area contributed by atoms with Crippen LogP contribution < -0.4 is 0 Å². The number of aryl methyl sites for hydroxylation is 2. The number of benzene rings is 2. The van der Waals surface area contributed by atoms with Gasteiger partial charge in [0.1, 0.15) is 17.3 Å². The Morgan fingerprint density at radius 1 is 1.07 bits per heavy atom. The normalized spacial score (nSPS) is 11.2. The zero-order valence-electron chi connectivity index (χ0n) is 15.9. The van der Waals surface area contributed by atoms with Crippen LogP contribution in [0, 0.1) is 0 Å². The lowest BCUT2D eigenvalue weighted by atomic mass is 9.99. The molecule has 3 aromatic rings. The van der Waals surface area contributed by atoms with Gasteiger partial charge in [-0.15, -0.1) is 0 Å². The molecule has 0 atom stereocenters. The van der Waals surface area contributed by atoms with Gasteiger partial charge in [0.2, 0.25) is 0 Å². The molecule has 0 aliphatic heterocycles. The Labute approximate surface area is 159 Å². The second kappa shape index (κ2) is 8.25. The summed E-state index contributed by atoms with van der Waals surface area (Å²) >= 11 is 0. The Bertz CT molecular complexity index is 960. The van der Waals surface area contributed by atoms with Crippen LogP contribution >= 0.6 is 0 Å². The molecule has 0 fully saturated rings. The molecule has 27 heavy (non-hydrogen) atoms. The molecule has 0 spiro atoms. The number of rotatable bonds is 8. The summed E-state index contributed by atoms with van der Waals surface area (Å²) in [7, 11) is 1.88. The first-order chi connectivity index (χ1) is 13.0. The minimum Gasteiger partial charge on any atom is -0.508 e. The zero-order valence-corrected chi connectivity index (χ0v) is 15.9. The van der Waals surface area contributed by atoms with Crippen LogP contribution in [-0.2, 0) is 19.9 Å². The summed E-state index contributed by atoms with van der Waals surface area (Å²) in [6, 6.07) is 10.6. The highest BCUT2D eigenvalue weighted by atomic mass is 16.3. The number of phenolic OH excluding ortho intramolecular Hbond substituents is 2. The number of fused-ring (bicyclic) bond motifs is 1. The molecule has 0 radical (unpaired) electrons. The van der Waals surface area contributed by atoms with E-state index in [1.165, 1.54) is 6.07 Å². The zero-order chi connectivity index (χ0) is 19.4. The molecule has 3 rings (SSSR count). The summed E-state index contributed by atoms with van der Waals surface area (Å²) in [5, 5.41) is 20.3. The third kappa shape index (κ3) is 4.13. The summed E-state index contributed by atoms with van der Waals surface area (Å²) in [5.74, 6) is 0.302. The van der Waals surface area contributed by atoms with Crippen LogP contribution in [0.3, 0.4) is 0 Å². The molecule has 1 heterocycles. The van der Waals surface area contributed by atoms with Gasteiger partial charge >= 0.3 is 0 Å². The monoisotopic (exact) mass is 366 g/mol. The number of aromatic nitrogens is 2. The first-order valence-corrected chi connectivity index (χ1v) is 9.49. The van der Waals surface area contributed by atoms with Gasteiger partial charge < -0.3 is 14.8 Å². The number of phenols is 2. The van der Waals surface area contributed by atoms with E-state index < -0.39 is 0 Å². The van der Waals surface area contributed by atoms with Crippen molar-refractivity contribution in [3.8, 4) is 11.5 Å². The minimum absolute atomic E-state index is 0.0447. The third-order valence-electron chi connectivity index (χ3n) is 5.00. The van der Waals surface area contributed by atoms with Gasteiger partial charge in [0.15, 0.2) is 5.78 Å². The molecule has 0 unspecified atom stereocenters. The maximum Gasteiger partial charge on any atom is 0.174 e. The Balaban J connectivity index is 1.81. The second-order valence-corrected chi connectivity index (χ2v) is 6.98. The average Bonchev–Trinajstić information content (AvgIpc) is 2.96. The van der Waals surface area contributed by atoms with Crippen molar-refractivity contribution < 1.29 is 15.0 Å². The molecule has 0 saturated carbocycles. The molecule has 0 bridgehead atoms. The van der Waals surface area contributed by atoms with Gasteiger partial charge in [-0.3, -0.25) is 4.79 Å². The van der Waals surface area contributed by atoms with E-state index in [0.29, 0.717) is 17.8 Å². The highest BCUT2D eigenvalue weighted by Gasteiger charge is 2.18. The number of imidazole rings is 1. The van der Waals surface area contributed by atoms with E-state index in [1.54, 1.807) is 6.07 Å². The van der Waals surface area contributed by atoms with Gasteiger partial charge in [-0.25, -0.2) is 4.98 Å². The first-order valence-electron chi connectivity index (χ1n) is 9.49. The molecular weight excluding hydrogens is 340 g/mol. The number of ketones is 1. The maximum absolute atomic E-state index is 12.8. The highest BCUT2D eigenvalue weighted by Crippen LogP contribution is 2.30. The number of nitrogens with zero attached hydrogens (tertiary/aromatic N) is 2. The highest BCUT2D eigenvalue weighted by molar-refractivity contribution is 6.00. The van der Waals surface area contributed by atoms with Crippen LogP contribution in [0.1, 0.15) is 54.4 Å². The Hall–Kier alpha value is -2.82. The number of unbranched alkanes of at least 4 members (excludes halogenated alkanes) is 3. The van der Waals surface area contributed by atoms with Crippen molar-refractivity contribution in [1.29, 1.82) is 0 Å². The number of hydrogen-bond acceptors (Lipinski definition) is 4. The van der Waals surface area contributed by atoms with E-state index in [1.807, 2.05) is 35.9 Å². The number of hydrogen-bond donors (Lipinski definition) is 2. The number of carbonyl (C=O) groups is 1. The molecule has 0 aliphatic carbocycles. The summed E-state index contributed by atoms with van der Waals surface area (Å²) in [6.45, 7) is 2.15. The van der Waals surface area contributed by atoms with Gasteiger partial charge in [0.25, 0.3) is 0 Å². The van der Waals surface area contributed by atoms with Gasteiger partial charge in [0, 0.05) is 13.1 Å². The Kier molecular flexibility index (Phi) is 5.79. The van der Waals surface area contributed by atoms with Gasteiger partial charge in [-0.05, 0) is 36.6 Å². The fourth-order valence-electron chi connectivity index (χ4n) is 3.38. The summed E-state index contributed by atoms with van der Waals surface area (Å²) in [5.41, 5.74) is 2.75. The lowest BCUT2D eigenvalue weighted by Gasteiger charge is -2.10. The lowest BCUT2D eigenvalue weighted by Crippen LogP contribution is -2.09. The third-order valence-corrected chi connectivity index (χ3v) is 5.00. The number of carbonyl (C=O) groups excluding carboxylic acids is 1. The fraction of sp³-hybridized carbons (Fsp3) is 0.364. The van der Waals surface area contributed by atoms with Crippen molar-refractivity contribution in [3.05, 3.63) is 53.3 Å². The standard InChI is InChI=1S/C22H26N2O3/c1-3-4-5-6-9-15-12-16(20(26)13-19(15)25)21(27)14-22-23-17-10-7-8-11-18(17)24(22)2/h7-8,10-13,25-26H,3-6,9,14H2,1-2H3. The van der Waals surface area contributed by atoms with Crippen molar-refractivity contribution in [2.45, 2.75) is 45.4 Å². The topological polar surface area (TPSA) is 75.4 Å². The molecule has 5 nitrogen and oxygen atoms in total. The molecule has 142 valence electrons.